The van der Waals surface area contributed by atoms with Gasteiger partial charge in [0.05, 0.1) is 30.9 Å². The van der Waals surface area contributed by atoms with Gasteiger partial charge in [-0.1, -0.05) is 0 Å². The summed E-state index contributed by atoms with van der Waals surface area (Å²) in [6.45, 7) is 6.56. The Bertz CT molecular complexity index is 438. The molecule has 0 aliphatic carbocycles. The van der Waals surface area contributed by atoms with Crippen LogP contribution in [0.25, 0.3) is 0 Å². The summed E-state index contributed by atoms with van der Waals surface area (Å²) in [4.78, 5) is 16.3. The third kappa shape index (κ3) is 2.26. The normalized spacial score (nSPS) is 27.4. The van der Waals surface area contributed by atoms with Gasteiger partial charge in [0.25, 0.3) is 0 Å². The summed E-state index contributed by atoms with van der Waals surface area (Å²) in [5, 5.41) is 2.80. The summed E-state index contributed by atoms with van der Waals surface area (Å²) in [7, 11) is 0. The van der Waals surface area contributed by atoms with E-state index in [1.54, 1.807) is 0 Å². The summed E-state index contributed by atoms with van der Waals surface area (Å²) in [6, 6.07) is -0.273. The van der Waals surface area contributed by atoms with Crippen LogP contribution in [0.15, 0.2) is 4.42 Å². The lowest BCUT2D eigenvalue weighted by Crippen LogP contribution is -2.49. The number of carbonyl (C=O) groups is 1. The maximum atomic E-state index is 12.1. The second-order valence-electron chi connectivity index (χ2n) is 4.97. The first-order valence-corrected chi connectivity index (χ1v) is 5.98. The van der Waals surface area contributed by atoms with E-state index in [0.29, 0.717) is 19.1 Å². The zero-order chi connectivity index (χ0) is 13.3. The monoisotopic (exact) mass is 253 g/mol. The molecule has 2 unspecified atom stereocenters. The van der Waals surface area contributed by atoms with Gasteiger partial charge in [0, 0.05) is 6.04 Å². The van der Waals surface area contributed by atoms with Crippen molar-refractivity contribution in [1.29, 1.82) is 0 Å². The molecule has 0 bridgehead atoms. The Kier molecular flexibility index (Phi) is 3.41. The number of aromatic nitrogens is 1. The van der Waals surface area contributed by atoms with E-state index in [-0.39, 0.29) is 18.5 Å². The molecule has 6 nitrogen and oxygen atoms in total. The Balaban J connectivity index is 1.96. The predicted molar refractivity (Wildman–Crippen MR) is 64.7 cm³/mol. The van der Waals surface area contributed by atoms with Crippen molar-refractivity contribution in [3.05, 3.63) is 17.3 Å². The smallest absolute Gasteiger partial charge is 0.230 e. The third-order valence-corrected chi connectivity index (χ3v) is 3.51. The topological polar surface area (TPSA) is 90.4 Å². The van der Waals surface area contributed by atoms with E-state index in [0.717, 1.165) is 11.5 Å². The Morgan fingerprint density at radius 1 is 1.61 bits per heavy atom. The van der Waals surface area contributed by atoms with Crippen molar-refractivity contribution >= 4 is 5.91 Å². The van der Waals surface area contributed by atoms with Gasteiger partial charge in [-0.15, -0.1) is 0 Å². The molecule has 1 fully saturated rings. The second kappa shape index (κ2) is 4.70. The van der Waals surface area contributed by atoms with Crippen molar-refractivity contribution in [2.45, 2.75) is 33.4 Å². The van der Waals surface area contributed by atoms with Crippen LogP contribution in [0.5, 0.6) is 0 Å². The Hall–Kier alpha value is -1.40. The quantitative estimate of drug-likeness (QED) is 0.807. The van der Waals surface area contributed by atoms with Crippen molar-refractivity contribution in [1.82, 2.24) is 10.3 Å². The van der Waals surface area contributed by atoms with Crippen molar-refractivity contribution in [3.8, 4) is 0 Å². The number of aryl methyl sites for hydroxylation is 2. The minimum Gasteiger partial charge on any atom is -0.444 e. The molecule has 0 spiro atoms. The molecule has 0 aromatic carbocycles. The second-order valence-corrected chi connectivity index (χ2v) is 4.97. The van der Waals surface area contributed by atoms with Crippen molar-refractivity contribution in [3.63, 3.8) is 0 Å². The molecule has 1 aromatic heterocycles. The molecule has 1 aliphatic rings. The van der Waals surface area contributed by atoms with Crippen molar-refractivity contribution in [2.75, 3.05) is 13.2 Å². The molecule has 1 aliphatic heterocycles. The number of amides is 1. The van der Waals surface area contributed by atoms with Crippen molar-refractivity contribution < 1.29 is 13.9 Å². The average Bonchev–Trinajstić information content (AvgIpc) is 2.82. The van der Waals surface area contributed by atoms with Gasteiger partial charge in [0.2, 0.25) is 11.8 Å². The number of nitrogens with one attached hydrogen (secondary N) is 1. The zero-order valence-corrected chi connectivity index (χ0v) is 10.9. The van der Waals surface area contributed by atoms with Gasteiger partial charge in [-0.05, 0) is 20.8 Å². The molecule has 3 N–H and O–H groups in total. The Morgan fingerprint density at radius 3 is 2.83 bits per heavy atom. The van der Waals surface area contributed by atoms with Gasteiger partial charge in [-0.3, -0.25) is 4.79 Å². The van der Waals surface area contributed by atoms with E-state index in [4.69, 9.17) is 14.9 Å². The SMILES string of the molecule is Cc1nc(CNC(=O)C2(C)COCC2N)oc1C. The summed E-state index contributed by atoms with van der Waals surface area (Å²) in [6.07, 6.45) is 0. The number of carbonyl (C=O) groups excluding carboxylic acids is 1. The summed E-state index contributed by atoms with van der Waals surface area (Å²) in [5.74, 6) is 1.15. The fraction of sp³-hybridized carbons (Fsp3) is 0.667. The number of nitrogens with zero attached hydrogens (tertiary/aromatic N) is 1. The van der Waals surface area contributed by atoms with Crippen LogP contribution in [0.3, 0.4) is 0 Å². The van der Waals surface area contributed by atoms with E-state index in [9.17, 15) is 4.79 Å². The lowest BCUT2D eigenvalue weighted by molar-refractivity contribution is -0.130. The molecule has 18 heavy (non-hydrogen) atoms. The standard InChI is InChI=1S/C12H19N3O3/c1-7-8(2)18-10(15-7)4-14-11(16)12(3)6-17-5-9(12)13/h9H,4-6,13H2,1-3H3,(H,14,16). The van der Waals surface area contributed by atoms with Crippen LogP contribution in [0.1, 0.15) is 24.3 Å². The first-order valence-electron chi connectivity index (χ1n) is 5.98. The number of rotatable bonds is 3. The lowest BCUT2D eigenvalue weighted by Gasteiger charge is -2.24. The number of ether oxygens (including phenoxy) is 1. The lowest BCUT2D eigenvalue weighted by atomic mass is 9.85. The minimum atomic E-state index is -0.670. The zero-order valence-electron chi connectivity index (χ0n) is 10.9. The summed E-state index contributed by atoms with van der Waals surface area (Å²) in [5.41, 5.74) is 6.06. The van der Waals surface area contributed by atoms with Crippen LogP contribution in [0.4, 0.5) is 0 Å². The van der Waals surface area contributed by atoms with Gasteiger partial charge < -0.3 is 20.2 Å². The first-order chi connectivity index (χ1) is 8.43. The van der Waals surface area contributed by atoms with Crippen LogP contribution in [-0.4, -0.2) is 30.1 Å². The van der Waals surface area contributed by atoms with Gasteiger partial charge in [0.1, 0.15) is 5.76 Å². The van der Waals surface area contributed by atoms with E-state index in [2.05, 4.69) is 10.3 Å². The first kappa shape index (κ1) is 13.0. The fourth-order valence-electron chi connectivity index (χ4n) is 1.90. The Labute approximate surface area is 106 Å². The number of hydrogen-bond donors (Lipinski definition) is 2. The fourth-order valence-corrected chi connectivity index (χ4v) is 1.90. The molecule has 6 heteroatoms. The van der Waals surface area contributed by atoms with E-state index in [1.807, 2.05) is 20.8 Å². The highest BCUT2D eigenvalue weighted by molar-refractivity contribution is 5.83. The highest BCUT2D eigenvalue weighted by Crippen LogP contribution is 2.27. The average molecular weight is 253 g/mol. The molecule has 2 heterocycles. The molecule has 0 saturated carbocycles. The molecule has 100 valence electrons. The minimum absolute atomic E-state index is 0.124. The van der Waals surface area contributed by atoms with Crippen LogP contribution in [0.2, 0.25) is 0 Å². The van der Waals surface area contributed by atoms with Gasteiger partial charge >= 0.3 is 0 Å². The summed E-state index contributed by atoms with van der Waals surface area (Å²) < 4.78 is 10.6. The van der Waals surface area contributed by atoms with E-state index >= 15 is 0 Å². The molecule has 2 atom stereocenters. The van der Waals surface area contributed by atoms with Gasteiger partial charge in [0.15, 0.2) is 0 Å². The van der Waals surface area contributed by atoms with Crippen LogP contribution in [0, 0.1) is 19.3 Å². The summed E-state index contributed by atoms with van der Waals surface area (Å²) >= 11 is 0. The highest BCUT2D eigenvalue weighted by atomic mass is 16.5. The maximum absolute atomic E-state index is 12.1. The van der Waals surface area contributed by atoms with Gasteiger partial charge in [-0.25, -0.2) is 4.98 Å². The Morgan fingerprint density at radius 2 is 2.33 bits per heavy atom. The predicted octanol–water partition coefficient (Wildman–Crippen LogP) is 0.271. The van der Waals surface area contributed by atoms with Crippen molar-refractivity contribution in [2.24, 2.45) is 11.1 Å². The molecule has 2 rings (SSSR count). The number of oxazole rings is 1. The largest absolute Gasteiger partial charge is 0.444 e. The molecule has 1 saturated heterocycles. The maximum Gasteiger partial charge on any atom is 0.230 e. The van der Waals surface area contributed by atoms with E-state index in [1.165, 1.54) is 0 Å². The highest BCUT2D eigenvalue weighted by Gasteiger charge is 2.44. The molecule has 1 amide bonds. The molecular formula is C12H19N3O3. The van der Waals surface area contributed by atoms with Crippen LogP contribution >= 0.6 is 0 Å². The third-order valence-electron chi connectivity index (χ3n) is 3.51. The number of nitrogens with two attached hydrogens (primary N) is 1. The van der Waals surface area contributed by atoms with Crippen LogP contribution < -0.4 is 11.1 Å². The van der Waals surface area contributed by atoms with E-state index < -0.39 is 5.41 Å². The molecule has 0 radical (unpaired) electrons. The van der Waals surface area contributed by atoms with Crippen LogP contribution in [-0.2, 0) is 16.1 Å². The number of hydrogen-bond acceptors (Lipinski definition) is 5. The molecular weight excluding hydrogens is 234 g/mol. The van der Waals surface area contributed by atoms with Gasteiger partial charge in [-0.2, -0.15) is 0 Å². The molecule has 1 aromatic rings.